The van der Waals surface area contributed by atoms with Gasteiger partial charge in [-0.05, 0) is 36.1 Å². The predicted octanol–water partition coefficient (Wildman–Crippen LogP) is 4.01. The Hall–Kier alpha value is -2.18. The summed E-state index contributed by atoms with van der Waals surface area (Å²) in [7, 11) is -0.588. The molecule has 27 heavy (non-hydrogen) atoms. The van der Waals surface area contributed by atoms with Gasteiger partial charge in [-0.25, -0.2) is 12.7 Å². The molecule has 2 aromatic carbocycles. The van der Waals surface area contributed by atoms with Crippen molar-refractivity contribution >= 4 is 21.6 Å². The lowest BCUT2D eigenvalue weighted by Crippen LogP contribution is -2.27. The van der Waals surface area contributed by atoms with E-state index in [1.807, 2.05) is 37.3 Å². The molecule has 146 valence electrons. The number of hydrogen-bond acceptors (Lipinski definition) is 3. The molecule has 0 aliphatic heterocycles. The van der Waals surface area contributed by atoms with Gasteiger partial charge < -0.3 is 5.32 Å². The van der Waals surface area contributed by atoms with Crippen LogP contribution in [-0.4, -0.2) is 32.7 Å². The van der Waals surface area contributed by atoms with Gasteiger partial charge in [0.1, 0.15) is 0 Å². The van der Waals surface area contributed by atoms with Crippen LogP contribution in [0.4, 0.5) is 5.69 Å². The van der Waals surface area contributed by atoms with E-state index in [1.54, 1.807) is 19.1 Å². The summed E-state index contributed by atoms with van der Waals surface area (Å²) < 4.78 is 26.2. The fourth-order valence-corrected chi connectivity index (χ4v) is 4.15. The Bertz CT molecular complexity index is 893. The Labute approximate surface area is 162 Å². The van der Waals surface area contributed by atoms with Crippen LogP contribution in [0.3, 0.4) is 0 Å². The third-order valence-electron chi connectivity index (χ3n) is 4.87. The van der Waals surface area contributed by atoms with Crippen molar-refractivity contribution in [2.45, 2.75) is 38.0 Å². The highest BCUT2D eigenvalue weighted by atomic mass is 32.2. The van der Waals surface area contributed by atoms with Gasteiger partial charge in [0.05, 0.1) is 10.8 Å². The van der Waals surface area contributed by atoms with Crippen molar-refractivity contribution in [3.8, 4) is 0 Å². The average Bonchev–Trinajstić information content (AvgIpc) is 2.63. The monoisotopic (exact) mass is 388 g/mol. The first kappa shape index (κ1) is 21.1. The quantitative estimate of drug-likeness (QED) is 0.779. The number of rotatable bonds is 7. The summed E-state index contributed by atoms with van der Waals surface area (Å²) in [5.74, 6) is -0.276. The normalized spacial score (nSPS) is 14.0. The number of carbonyl (C=O) groups excluding carboxylic acids is 1. The minimum atomic E-state index is -3.58. The van der Waals surface area contributed by atoms with Crippen LogP contribution in [0, 0.1) is 12.8 Å². The summed E-state index contributed by atoms with van der Waals surface area (Å²) in [6, 6.07) is 14.7. The van der Waals surface area contributed by atoms with Crippen molar-refractivity contribution < 1.29 is 13.2 Å². The molecule has 0 heterocycles. The molecule has 0 spiro atoms. The second-order valence-electron chi connectivity index (χ2n) is 7.03. The average molecular weight is 389 g/mol. The molecule has 0 fully saturated rings. The van der Waals surface area contributed by atoms with Crippen molar-refractivity contribution in [1.29, 1.82) is 0 Å². The van der Waals surface area contributed by atoms with Crippen molar-refractivity contribution in [3.05, 3.63) is 59.7 Å². The molecule has 6 heteroatoms. The lowest BCUT2D eigenvalue weighted by Gasteiger charge is -2.23. The summed E-state index contributed by atoms with van der Waals surface area (Å²) >= 11 is 0. The number of nitrogens with zero attached hydrogens (tertiary/aromatic N) is 1. The third-order valence-corrected chi connectivity index (χ3v) is 6.83. The molecule has 2 rings (SSSR count). The van der Waals surface area contributed by atoms with E-state index in [0.29, 0.717) is 11.3 Å². The number of benzene rings is 2. The lowest BCUT2D eigenvalue weighted by molar-refractivity contribution is -0.118. The van der Waals surface area contributed by atoms with Gasteiger partial charge in [-0.3, -0.25) is 4.79 Å². The molecule has 0 aromatic heterocycles. The highest BCUT2D eigenvalue weighted by Gasteiger charge is 2.26. The van der Waals surface area contributed by atoms with Crippen molar-refractivity contribution in [2.24, 2.45) is 5.92 Å². The maximum Gasteiger partial charge on any atom is 0.242 e. The van der Waals surface area contributed by atoms with Crippen LogP contribution < -0.4 is 5.32 Å². The summed E-state index contributed by atoms with van der Waals surface area (Å²) in [6.45, 7) is 5.85. The summed E-state index contributed by atoms with van der Waals surface area (Å²) in [4.78, 5) is 13.2. The van der Waals surface area contributed by atoms with Crippen molar-refractivity contribution in [3.63, 3.8) is 0 Å². The second-order valence-corrected chi connectivity index (χ2v) is 9.15. The molecule has 0 radical (unpaired) electrons. The van der Waals surface area contributed by atoms with E-state index < -0.39 is 10.0 Å². The third kappa shape index (κ3) is 4.76. The van der Waals surface area contributed by atoms with E-state index in [2.05, 4.69) is 12.2 Å². The first-order chi connectivity index (χ1) is 12.7. The standard InChI is InChI=1S/C21H28N2O3S/c1-6-15(2)20(17-10-8-7-9-11-17)21(24)22-18-13-12-16(3)19(14-18)27(25,26)23(4)5/h7-15,20H,6H2,1-5H3,(H,22,24). The van der Waals surface area contributed by atoms with Gasteiger partial charge in [0.15, 0.2) is 0 Å². The van der Waals surface area contributed by atoms with Crippen LogP contribution in [0.1, 0.15) is 37.3 Å². The van der Waals surface area contributed by atoms with Gasteiger partial charge in [0.25, 0.3) is 0 Å². The van der Waals surface area contributed by atoms with Crippen LogP contribution in [-0.2, 0) is 14.8 Å². The maximum atomic E-state index is 13.0. The van der Waals surface area contributed by atoms with Crippen LogP contribution >= 0.6 is 0 Å². The molecule has 1 amide bonds. The molecule has 0 aliphatic rings. The molecular formula is C21H28N2O3S. The van der Waals surface area contributed by atoms with Crippen LogP contribution in [0.25, 0.3) is 0 Å². The van der Waals surface area contributed by atoms with Gasteiger partial charge in [0, 0.05) is 19.8 Å². The van der Waals surface area contributed by atoms with Crippen LogP contribution in [0.2, 0.25) is 0 Å². The Morgan fingerprint density at radius 2 is 1.74 bits per heavy atom. The predicted molar refractivity (Wildman–Crippen MR) is 109 cm³/mol. The molecule has 2 aromatic rings. The highest BCUT2D eigenvalue weighted by Crippen LogP contribution is 2.29. The minimum Gasteiger partial charge on any atom is -0.326 e. The molecule has 0 aliphatic carbocycles. The van der Waals surface area contributed by atoms with Gasteiger partial charge in [-0.2, -0.15) is 0 Å². The zero-order valence-electron chi connectivity index (χ0n) is 16.6. The number of aryl methyl sites for hydroxylation is 1. The Morgan fingerprint density at radius 3 is 2.30 bits per heavy atom. The lowest BCUT2D eigenvalue weighted by atomic mass is 9.85. The SMILES string of the molecule is CCC(C)C(C(=O)Nc1ccc(C)c(S(=O)(=O)N(C)C)c1)c1ccccc1. The molecule has 2 atom stereocenters. The van der Waals surface area contributed by atoms with E-state index in [9.17, 15) is 13.2 Å². The first-order valence-corrected chi connectivity index (χ1v) is 10.5. The van der Waals surface area contributed by atoms with Crippen LogP contribution in [0.5, 0.6) is 0 Å². The van der Waals surface area contributed by atoms with E-state index >= 15 is 0 Å². The Kier molecular flexibility index (Phi) is 6.78. The van der Waals surface area contributed by atoms with E-state index in [-0.39, 0.29) is 22.6 Å². The zero-order valence-corrected chi connectivity index (χ0v) is 17.4. The first-order valence-electron chi connectivity index (χ1n) is 9.07. The van der Waals surface area contributed by atoms with E-state index in [0.717, 1.165) is 12.0 Å². The van der Waals surface area contributed by atoms with Gasteiger partial charge in [-0.1, -0.05) is 56.7 Å². The Balaban J connectivity index is 2.36. The van der Waals surface area contributed by atoms with Gasteiger partial charge >= 0.3 is 0 Å². The van der Waals surface area contributed by atoms with Crippen molar-refractivity contribution in [2.75, 3.05) is 19.4 Å². The fraction of sp³-hybridized carbons (Fsp3) is 0.381. The molecule has 0 saturated carbocycles. The van der Waals surface area contributed by atoms with Gasteiger partial charge in [-0.15, -0.1) is 0 Å². The smallest absolute Gasteiger partial charge is 0.242 e. The number of anilines is 1. The van der Waals surface area contributed by atoms with Gasteiger partial charge in [0.2, 0.25) is 15.9 Å². The number of nitrogens with one attached hydrogen (secondary N) is 1. The molecular weight excluding hydrogens is 360 g/mol. The number of hydrogen-bond donors (Lipinski definition) is 1. The van der Waals surface area contributed by atoms with E-state index in [4.69, 9.17) is 0 Å². The molecule has 2 unspecified atom stereocenters. The topological polar surface area (TPSA) is 66.5 Å². The molecule has 0 saturated heterocycles. The van der Waals surface area contributed by atoms with Crippen LogP contribution in [0.15, 0.2) is 53.4 Å². The van der Waals surface area contributed by atoms with E-state index in [1.165, 1.54) is 24.5 Å². The minimum absolute atomic E-state index is 0.132. The largest absolute Gasteiger partial charge is 0.326 e. The fourth-order valence-electron chi connectivity index (χ4n) is 3.01. The molecule has 1 N–H and O–H groups in total. The molecule has 5 nitrogen and oxygen atoms in total. The number of carbonyl (C=O) groups is 1. The summed E-state index contributed by atoms with van der Waals surface area (Å²) in [6.07, 6.45) is 0.862. The second kappa shape index (κ2) is 8.67. The highest BCUT2D eigenvalue weighted by molar-refractivity contribution is 7.89. The Morgan fingerprint density at radius 1 is 1.11 bits per heavy atom. The molecule has 0 bridgehead atoms. The zero-order chi connectivity index (χ0) is 20.2. The number of sulfonamides is 1. The summed E-state index contributed by atoms with van der Waals surface area (Å²) in [5, 5.41) is 2.91. The maximum absolute atomic E-state index is 13.0. The van der Waals surface area contributed by atoms with Crippen molar-refractivity contribution in [1.82, 2.24) is 4.31 Å². The summed E-state index contributed by atoms with van der Waals surface area (Å²) in [5.41, 5.74) is 2.08. The number of amides is 1.